The number of pyridine rings is 1. The van der Waals surface area contributed by atoms with Crippen molar-refractivity contribution in [2.75, 3.05) is 0 Å². The highest BCUT2D eigenvalue weighted by Gasteiger charge is 2.21. The van der Waals surface area contributed by atoms with Crippen molar-refractivity contribution in [3.63, 3.8) is 0 Å². The van der Waals surface area contributed by atoms with Gasteiger partial charge in [0.2, 0.25) is 0 Å². The largest absolute Gasteiger partial charge is 0.303 e. The zero-order valence-corrected chi connectivity index (χ0v) is 7.12. The van der Waals surface area contributed by atoms with Crippen LogP contribution in [0.5, 0.6) is 0 Å². The topological polar surface area (TPSA) is 41.2 Å². The Hall–Kier alpha value is -1.64. The van der Waals surface area contributed by atoms with Gasteiger partial charge in [0.05, 0.1) is 11.4 Å². The lowest BCUT2D eigenvalue weighted by molar-refractivity contribution is 0.976. The molecular weight excluding hydrogens is 162 g/mol. The monoisotopic (exact) mass is 171 g/mol. The fourth-order valence-electron chi connectivity index (χ4n) is 1.89. The Morgan fingerprint density at radius 1 is 1.31 bits per heavy atom. The van der Waals surface area contributed by atoms with Crippen LogP contribution in [0, 0.1) is 5.41 Å². The first-order valence-electron chi connectivity index (χ1n) is 4.40. The number of hydrogen-bond donors (Lipinski definition) is 1. The summed E-state index contributed by atoms with van der Waals surface area (Å²) in [5, 5.41) is 7.69. The molecule has 0 atom stereocenters. The highest BCUT2D eigenvalue weighted by atomic mass is 15.0. The number of imidazole rings is 1. The van der Waals surface area contributed by atoms with Gasteiger partial charge in [-0.15, -0.1) is 0 Å². The second-order valence-corrected chi connectivity index (χ2v) is 3.31. The zero-order valence-electron chi connectivity index (χ0n) is 7.12. The van der Waals surface area contributed by atoms with E-state index < -0.39 is 0 Å². The second-order valence-electron chi connectivity index (χ2n) is 3.31. The summed E-state index contributed by atoms with van der Waals surface area (Å²) in [7, 11) is 0. The Morgan fingerprint density at radius 2 is 2.23 bits per heavy atom. The molecule has 1 aliphatic carbocycles. The van der Waals surface area contributed by atoms with E-state index in [1.54, 1.807) is 0 Å². The van der Waals surface area contributed by atoms with Gasteiger partial charge >= 0.3 is 0 Å². The minimum atomic E-state index is 0.679. The molecule has 0 aromatic carbocycles. The lowest BCUT2D eigenvalue weighted by Crippen LogP contribution is -1.91. The van der Waals surface area contributed by atoms with E-state index in [1.165, 1.54) is 5.69 Å². The Labute approximate surface area is 75.5 Å². The van der Waals surface area contributed by atoms with Gasteiger partial charge in [0.25, 0.3) is 0 Å². The predicted molar refractivity (Wildman–Crippen MR) is 50.3 cm³/mol. The Bertz CT molecular complexity index is 496. The van der Waals surface area contributed by atoms with Crippen LogP contribution in [0.1, 0.15) is 17.8 Å². The van der Waals surface area contributed by atoms with Gasteiger partial charge in [0.15, 0.2) is 0 Å². The average Bonchev–Trinajstić information content (AvgIpc) is 2.67. The van der Waals surface area contributed by atoms with E-state index in [2.05, 4.69) is 9.38 Å². The number of aryl methyl sites for hydroxylation is 1. The van der Waals surface area contributed by atoms with E-state index in [1.807, 2.05) is 24.4 Å². The van der Waals surface area contributed by atoms with Crippen molar-refractivity contribution in [3.05, 3.63) is 35.8 Å². The van der Waals surface area contributed by atoms with Gasteiger partial charge in [0, 0.05) is 6.20 Å². The summed E-state index contributed by atoms with van der Waals surface area (Å²) in [6.07, 6.45) is 3.81. The Kier molecular flexibility index (Phi) is 1.15. The lowest BCUT2D eigenvalue weighted by Gasteiger charge is -1.94. The SMILES string of the molecule is N=C1CCc2c1nc1ccccn21. The maximum absolute atomic E-state index is 7.69. The van der Waals surface area contributed by atoms with Crippen LogP contribution in [0.2, 0.25) is 0 Å². The third-order valence-electron chi connectivity index (χ3n) is 2.53. The molecule has 0 fully saturated rings. The van der Waals surface area contributed by atoms with Gasteiger partial charge in [0.1, 0.15) is 11.3 Å². The molecule has 0 unspecified atom stereocenters. The van der Waals surface area contributed by atoms with Crippen molar-refractivity contribution in [1.82, 2.24) is 9.38 Å². The van der Waals surface area contributed by atoms with Gasteiger partial charge in [-0.05, 0) is 25.0 Å². The molecule has 3 heteroatoms. The van der Waals surface area contributed by atoms with E-state index in [0.717, 1.165) is 24.2 Å². The van der Waals surface area contributed by atoms with Crippen LogP contribution in [-0.4, -0.2) is 15.1 Å². The quantitative estimate of drug-likeness (QED) is 0.643. The summed E-state index contributed by atoms with van der Waals surface area (Å²) in [5.74, 6) is 0. The second kappa shape index (κ2) is 2.19. The smallest absolute Gasteiger partial charge is 0.137 e. The highest BCUT2D eigenvalue weighted by molar-refractivity contribution is 6.01. The first-order valence-corrected chi connectivity index (χ1v) is 4.40. The molecule has 13 heavy (non-hydrogen) atoms. The standard InChI is InChI=1S/C10H9N3/c11-7-4-5-8-10(7)12-9-3-1-2-6-13(8)9/h1-3,6,11H,4-5H2. The maximum atomic E-state index is 7.69. The van der Waals surface area contributed by atoms with Crippen LogP contribution in [0.3, 0.4) is 0 Å². The third-order valence-corrected chi connectivity index (χ3v) is 2.53. The minimum absolute atomic E-state index is 0.679. The molecule has 2 heterocycles. The molecule has 0 bridgehead atoms. The van der Waals surface area contributed by atoms with Crippen LogP contribution < -0.4 is 0 Å². The van der Waals surface area contributed by atoms with Crippen LogP contribution >= 0.6 is 0 Å². The van der Waals surface area contributed by atoms with E-state index in [0.29, 0.717) is 5.71 Å². The molecule has 3 rings (SSSR count). The molecule has 0 saturated carbocycles. The molecular formula is C10H9N3. The van der Waals surface area contributed by atoms with E-state index in [4.69, 9.17) is 5.41 Å². The van der Waals surface area contributed by atoms with Crippen LogP contribution in [0.15, 0.2) is 24.4 Å². The van der Waals surface area contributed by atoms with Crippen molar-refractivity contribution < 1.29 is 0 Å². The summed E-state index contributed by atoms with van der Waals surface area (Å²) in [6.45, 7) is 0. The fourth-order valence-corrected chi connectivity index (χ4v) is 1.89. The van der Waals surface area contributed by atoms with E-state index >= 15 is 0 Å². The van der Waals surface area contributed by atoms with Gasteiger partial charge in [-0.2, -0.15) is 0 Å². The van der Waals surface area contributed by atoms with Gasteiger partial charge in [-0.3, -0.25) is 0 Å². The Balaban J connectivity index is 2.44. The molecule has 2 aromatic rings. The van der Waals surface area contributed by atoms with Crippen LogP contribution in [0.25, 0.3) is 5.65 Å². The number of hydrogen-bond acceptors (Lipinski definition) is 2. The van der Waals surface area contributed by atoms with Crippen molar-refractivity contribution in [1.29, 1.82) is 5.41 Å². The van der Waals surface area contributed by atoms with Gasteiger partial charge in [-0.1, -0.05) is 6.07 Å². The molecule has 0 radical (unpaired) electrons. The van der Waals surface area contributed by atoms with Crippen LogP contribution in [-0.2, 0) is 6.42 Å². The summed E-state index contributed by atoms with van der Waals surface area (Å²) in [6, 6.07) is 5.95. The van der Waals surface area contributed by atoms with Crippen molar-refractivity contribution in [2.45, 2.75) is 12.8 Å². The number of aromatic nitrogens is 2. The van der Waals surface area contributed by atoms with Gasteiger partial charge < -0.3 is 9.81 Å². The molecule has 2 aromatic heterocycles. The number of nitrogens with one attached hydrogen (secondary N) is 1. The zero-order chi connectivity index (χ0) is 8.84. The fraction of sp³-hybridized carbons (Fsp3) is 0.200. The number of fused-ring (bicyclic) bond motifs is 3. The predicted octanol–water partition coefficient (Wildman–Crippen LogP) is 1.65. The molecule has 3 nitrogen and oxygen atoms in total. The van der Waals surface area contributed by atoms with E-state index in [-0.39, 0.29) is 0 Å². The summed E-state index contributed by atoms with van der Waals surface area (Å²) < 4.78 is 2.08. The summed E-state index contributed by atoms with van der Waals surface area (Å²) in [4.78, 5) is 4.41. The number of nitrogens with zero attached hydrogens (tertiary/aromatic N) is 2. The minimum Gasteiger partial charge on any atom is -0.303 e. The van der Waals surface area contributed by atoms with Crippen LogP contribution in [0.4, 0.5) is 0 Å². The van der Waals surface area contributed by atoms with Crippen molar-refractivity contribution >= 4 is 11.4 Å². The first-order chi connectivity index (χ1) is 6.36. The summed E-state index contributed by atoms with van der Waals surface area (Å²) >= 11 is 0. The molecule has 1 N–H and O–H groups in total. The average molecular weight is 171 g/mol. The lowest BCUT2D eigenvalue weighted by atomic mass is 10.3. The summed E-state index contributed by atoms with van der Waals surface area (Å²) in [5.41, 5.74) is 3.72. The highest BCUT2D eigenvalue weighted by Crippen LogP contribution is 2.22. The third kappa shape index (κ3) is 0.786. The maximum Gasteiger partial charge on any atom is 0.137 e. The normalized spacial score (nSPS) is 15.2. The van der Waals surface area contributed by atoms with Gasteiger partial charge in [-0.25, -0.2) is 4.98 Å². The van der Waals surface area contributed by atoms with Crippen molar-refractivity contribution in [2.24, 2.45) is 0 Å². The molecule has 0 aliphatic heterocycles. The molecule has 0 spiro atoms. The Morgan fingerprint density at radius 3 is 3.15 bits per heavy atom. The molecule has 64 valence electrons. The number of rotatable bonds is 0. The van der Waals surface area contributed by atoms with E-state index in [9.17, 15) is 0 Å². The first kappa shape index (κ1) is 6.83. The molecule has 0 amide bonds. The van der Waals surface area contributed by atoms with Crippen molar-refractivity contribution in [3.8, 4) is 0 Å². The molecule has 0 saturated heterocycles. The molecule has 1 aliphatic rings.